The van der Waals surface area contributed by atoms with E-state index in [0.717, 1.165) is 25.7 Å². The van der Waals surface area contributed by atoms with Crippen LogP contribution in [0.25, 0.3) is 0 Å². The Morgan fingerprint density at radius 2 is 1.00 bits per heavy atom. The van der Waals surface area contributed by atoms with E-state index in [-0.39, 0.29) is 18.8 Å². The maximum Gasteiger partial charge on any atom is 0.472 e. The van der Waals surface area contributed by atoms with Crippen LogP contribution >= 0.6 is 7.82 Å². The summed E-state index contributed by atoms with van der Waals surface area (Å²) in [6.45, 7) is 11.3. The van der Waals surface area contributed by atoms with E-state index in [0.29, 0.717) is 0 Å². The van der Waals surface area contributed by atoms with E-state index in [2.05, 4.69) is 20.8 Å². The fraction of sp³-hybridized carbons (Fsp3) is 1.00. The Balaban J connectivity index is 0. The maximum atomic E-state index is 11.1. The number of phosphoric ester groups is 1. The van der Waals surface area contributed by atoms with Crippen molar-refractivity contribution in [3.8, 4) is 0 Å². The largest absolute Gasteiger partial charge is 0.472 e. The highest BCUT2D eigenvalue weighted by Crippen LogP contribution is 2.43. The van der Waals surface area contributed by atoms with Crippen LogP contribution in [0.5, 0.6) is 0 Å². The molecule has 0 aromatic rings. The molecule has 0 bridgehead atoms. The van der Waals surface area contributed by atoms with Gasteiger partial charge in [0.25, 0.3) is 0 Å². The van der Waals surface area contributed by atoms with E-state index in [9.17, 15) is 4.57 Å². The second kappa shape index (κ2) is 19.4. The van der Waals surface area contributed by atoms with Gasteiger partial charge in [0.2, 0.25) is 0 Å². The molecule has 0 aliphatic heterocycles. The first-order chi connectivity index (χ1) is 12.8. The molecule has 6 heteroatoms. The smallest absolute Gasteiger partial charge is 0.325 e. The maximum absolute atomic E-state index is 11.1. The monoisotopic (exact) mass is 409 g/mol. The van der Waals surface area contributed by atoms with Gasteiger partial charge in [-0.2, -0.15) is 0 Å². The molecular weight excluding hydrogens is 361 g/mol. The lowest BCUT2D eigenvalue weighted by Gasteiger charge is -2.29. The van der Waals surface area contributed by atoms with Crippen LogP contribution in [0.1, 0.15) is 118 Å². The summed E-state index contributed by atoms with van der Waals surface area (Å²) in [6, 6.07) is 0. The van der Waals surface area contributed by atoms with Crippen molar-refractivity contribution in [3.05, 3.63) is 0 Å². The summed E-state index contributed by atoms with van der Waals surface area (Å²) >= 11 is 0. The predicted molar refractivity (Wildman–Crippen MR) is 117 cm³/mol. The van der Waals surface area contributed by atoms with Crippen LogP contribution in [-0.2, 0) is 13.6 Å². The van der Waals surface area contributed by atoms with Gasteiger partial charge < -0.3 is 10.6 Å². The van der Waals surface area contributed by atoms with Crippen molar-refractivity contribution >= 4 is 7.82 Å². The molecule has 0 fully saturated rings. The minimum absolute atomic E-state index is 0.155. The standard InChI is InChI=1S/C13H29N.C8H19O4P/c1-4-7-10-13(14,11-8-5-2)12-9-6-3;1-3-5-7-11-13(9,10)12-8-6-4-2/h4-12,14H2,1-3H3;3-8H2,1-2H3,(H,9,10). The summed E-state index contributed by atoms with van der Waals surface area (Å²) in [5.41, 5.74) is 6.61. The molecule has 0 aliphatic carbocycles. The van der Waals surface area contributed by atoms with Crippen molar-refractivity contribution in [1.29, 1.82) is 0 Å². The van der Waals surface area contributed by atoms with Gasteiger partial charge in [0, 0.05) is 5.54 Å². The van der Waals surface area contributed by atoms with Crippen LogP contribution in [-0.4, -0.2) is 23.6 Å². The van der Waals surface area contributed by atoms with Gasteiger partial charge in [0.1, 0.15) is 0 Å². The fourth-order valence-corrected chi connectivity index (χ4v) is 3.44. The van der Waals surface area contributed by atoms with Crippen LogP contribution in [0.4, 0.5) is 0 Å². The van der Waals surface area contributed by atoms with Crippen LogP contribution in [0.3, 0.4) is 0 Å². The van der Waals surface area contributed by atoms with E-state index < -0.39 is 7.82 Å². The Labute approximate surface area is 169 Å². The quantitative estimate of drug-likeness (QED) is 0.200. The summed E-state index contributed by atoms with van der Waals surface area (Å²) in [6.07, 6.45) is 14.8. The van der Waals surface area contributed by atoms with E-state index >= 15 is 0 Å². The van der Waals surface area contributed by atoms with Gasteiger partial charge >= 0.3 is 7.82 Å². The molecule has 3 N–H and O–H groups in total. The Morgan fingerprint density at radius 3 is 1.26 bits per heavy atom. The van der Waals surface area contributed by atoms with Gasteiger partial charge in [0.15, 0.2) is 0 Å². The number of nitrogens with two attached hydrogens (primary N) is 1. The van der Waals surface area contributed by atoms with Crippen LogP contribution in [0, 0.1) is 0 Å². The topological polar surface area (TPSA) is 81.8 Å². The SMILES string of the molecule is CCCCC(N)(CCCC)CCCC.CCCCOP(=O)(O)OCCCC. The zero-order chi connectivity index (χ0) is 21.0. The molecule has 0 heterocycles. The van der Waals surface area contributed by atoms with Crippen LogP contribution in [0.2, 0.25) is 0 Å². The van der Waals surface area contributed by atoms with E-state index in [1.54, 1.807) is 0 Å². The molecule has 0 aromatic carbocycles. The zero-order valence-electron chi connectivity index (χ0n) is 18.8. The van der Waals surface area contributed by atoms with Crippen molar-refractivity contribution in [1.82, 2.24) is 0 Å². The number of hydrogen-bond acceptors (Lipinski definition) is 4. The lowest BCUT2D eigenvalue weighted by atomic mass is 9.84. The molecule has 27 heavy (non-hydrogen) atoms. The Kier molecular flexibility index (Phi) is 21.0. The molecule has 0 amide bonds. The highest BCUT2D eigenvalue weighted by atomic mass is 31.2. The zero-order valence-corrected chi connectivity index (χ0v) is 19.7. The van der Waals surface area contributed by atoms with Crippen molar-refractivity contribution in [2.45, 2.75) is 124 Å². The van der Waals surface area contributed by atoms with Crippen LogP contribution < -0.4 is 5.73 Å². The first-order valence-corrected chi connectivity index (χ1v) is 12.7. The molecule has 0 radical (unpaired) electrons. The van der Waals surface area contributed by atoms with Gasteiger partial charge in [-0.1, -0.05) is 86.0 Å². The lowest BCUT2D eigenvalue weighted by molar-refractivity contribution is 0.146. The van der Waals surface area contributed by atoms with E-state index in [1.165, 1.54) is 57.8 Å². The predicted octanol–water partition coefficient (Wildman–Crippen LogP) is 6.97. The van der Waals surface area contributed by atoms with Gasteiger partial charge in [0.05, 0.1) is 13.2 Å². The Bertz CT molecular complexity index is 317. The minimum atomic E-state index is -3.75. The van der Waals surface area contributed by atoms with E-state index in [1.807, 2.05) is 13.8 Å². The van der Waals surface area contributed by atoms with Gasteiger partial charge in [-0.15, -0.1) is 0 Å². The summed E-state index contributed by atoms with van der Waals surface area (Å²) in [4.78, 5) is 9.08. The molecule has 0 spiro atoms. The normalized spacial score (nSPS) is 12.0. The number of hydrogen-bond donors (Lipinski definition) is 2. The first-order valence-electron chi connectivity index (χ1n) is 11.2. The lowest BCUT2D eigenvalue weighted by Crippen LogP contribution is -2.39. The molecule has 5 nitrogen and oxygen atoms in total. The summed E-state index contributed by atoms with van der Waals surface area (Å²) in [5.74, 6) is 0. The second-order valence-corrected chi connectivity index (χ2v) is 8.97. The molecular formula is C21H48NO4P. The van der Waals surface area contributed by atoms with Crippen molar-refractivity contribution < 1.29 is 18.5 Å². The van der Waals surface area contributed by atoms with Crippen molar-refractivity contribution in [3.63, 3.8) is 0 Å². The van der Waals surface area contributed by atoms with Gasteiger partial charge in [-0.3, -0.25) is 9.05 Å². The third-order valence-corrected chi connectivity index (χ3v) is 5.61. The summed E-state index contributed by atoms with van der Waals surface area (Å²) in [5, 5.41) is 0. The highest BCUT2D eigenvalue weighted by molar-refractivity contribution is 7.47. The Hall–Kier alpha value is 0.0700. The summed E-state index contributed by atoms with van der Waals surface area (Å²) < 4.78 is 20.5. The molecule has 166 valence electrons. The van der Waals surface area contributed by atoms with Gasteiger partial charge in [-0.05, 0) is 32.1 Å². The third-order valence-electron chi connectivity index (χ3n) is 4.59. The first kappa shape index (κ1) is 29.3. The number of phosphoric acid groups is 1. The number of unbranched alkanes of at least 4 members (excludes halogenated alkanes) is 5. The Morgan fingerprint density at radius 1 is 0.704 bits per heavy atom. The fourth-order valence-electron chi connectivity index (χ4n) is 2.65. The molecule has 0 aliphatic rings. The van der Waals surface area contributed by atoms with Crippen LogP contribution in [0.15, 0.2) is 0 Å². The van der Waals surface area contributed by atoms with E-state index in [4.69, 9.17) is 19.7 Å². The number of rotatable bonds is 17. The molecule has 0 atom stereocenters. The van der Waals surface area contributed by atoms with Crippen molar-refractivity contribution in [2.24, 2.45) is 5.73 Å². The average Bonchev–Trinajstić information content (AvgIpc) is 2.64. The third kappa shape index (κ3) is 20.6. The van der Waals surface area contributed by atoms with Crippen molar-refractivity contribution in [2.75, 3.05) is 13.2 Å². The minimum Gasteiger partial charge on any atom is -0.325 e. The second-order valence-electron chi connectivity index (χ2n) is 7.52. The highest BCUT2D eigenvalue weighted by Gasteiger charge is 2.22. The molecule has 0 saturated heterocycles. The summed E-state index contributed by atoms with van der Waals surface area (Å²) in [7, 11) is -3.75. The molecule has 0 unspecified atom stereocenters. The average molecular weight is 410 g/mol. The van der Waals surface area contributed by atoms with Gasteiger partial charge in [-0.25, -0.2) is 4.57 Å². The molecule has 0 aromatic heterocycles. The molecule has 0 saturated carbocycles. The molecule has 0 rings (SSSR count).